The first-order chi connectivity index (χ1) is 11.1. The van der Waals surface area contributed by atoms with Crippen molar-refractivity contribution in [3.8, 4) is 5.75 Å². The lowest BCUT2D eigenvalue weighted by atomic mass is 10.2. The van der Waals surface area contributed by atoms with Crippen LogP contribution in [-0.2, 0) is 13.6 Å². The Morgan fingerprint density at radius 3 is 2.71 bits per heavy atom. The van der Waals surface area contributed by atoms with Crippen molar-refractivity contribution in [1.29, 1.82) is 0 Å². The van der Waals surface area contributed by atoms with Crippen molar-refractivity contribution < 1.29 is 4.74 Å². The number of guanidine groups is 1. The molecule has 24 heavy (non-hydrogen) atoms. The molecule has 1 atom stereocenters. The highest BCUT2D eigenvalue weighted by molar-refractivity contribution is 14.0. The van der Waals surface area contributed by atoms with Gasteiger partial charge in [-0.1, -0.05) is 18.2 Å². The molecule has 0 saturated heterocycles. The van der Waals surface area contributed by atoms with Crippen LogP contribution in [0.3, 0.4) is 0 Å². The summed E-state index contributed by atoms with van der Waals surface area (Å²) >= 11 is 0. The standard InChI is InChI=1S/C16H24N6O.HI/c1-12-7-5-6-8-14(12)23-13(2)9-18-16(17-3)19-10-15-21-20-11-22(15)4;/h5-8,11,13H,9-10H2,1-4H3,(H2,17,18,19);1H. The topological polar surface area (TPSA) is 76.4 Å². The van der Waals surface area contributed by atoms with Crippen LogP contribution in [0.15, 0.2) is 35.6 Å². The van der Waals surface area contributed by atoms with E-state index in [-0.39, 0.29) is 30.1 Å². The SMILES string of the molecule is CN=C(NCc1nncn1C)NCC(C)Oc1ccccc1C.I. The van der Waals surface area contributed by atoms with Crippen LogP contribution in [-0.4, -0.2) is 40.4 Å². The monoisotopic (exact) mass is 444 g/mol. The predicted molar refractivity (Wildman–Crippen MR) is 106 cm³/mol. The number of aliphatic imine (C=N–C) groups is 1. The highest BCUT2D eigenvalue weighted by Crippen LogP contribution is 2.17. The van der Waals surface area contributed by atoms with E-state index in [0.29, 0.717) is 19.0 Å². The van der Waals surface area contributed by atoms with Gasteiger partial charge in [0.05, 0.1) is 13.1 Å². The Morgan fingerprint density at radius 2 is 2.08 bits per heavy atom. The van der Waals surface area contributed by atoms with Gasteiger partial charge in [-0.15, -0.1) is 34.2 Å². The summed E-state index contributed by atoms with van der Waals surface area (Å²) in [5.41, 5.74) is 1.13. The summed E-state index contributed by atoms with van der Waals surface area (Å²) in [5.74, 6) is 2.45. The van der Waals surface area contributed by atoms with Crippen LogP contribution in [0, 0.1) is 6.92 Å². The van der Waals surface area contributed by atoms with E-state index < -0.39 is 0 Å². The number of ether oxygens (including phenoxy) is 1. The average molecular weight is 444 g/mol. The van der Waals surface area contributed by atoms with Gasteiger partial charge in [-0.25, -0.2) is 0 Å². The molecule has 2 N–H and O–H groups in total. The van der Waals surface area contributed by atoms with Crippen molar-refractivity contribution in [2.75, 3.05) is 13.6 Å². The predicted octanol–water partition coefficient (Wildman–Crippen LogP) is 1.87. The molecule has 1 unspecified atom stereocenters. The molecule has 2 rings (SSSR count). The molecule has 1 aromatic heterocycles. The number of hydrogen-bond acceptors (Lipinski definition) is 4. The summed E-state index contributed by atoms with van der Waals surface area (Å²) in [4.78, 5) is 4.20. The van der Waals surface area contributed by atoms with Gasteiger partial charge in [-0.3, -0.25) is 4.99 Å². The fraction of sp³-hybridized carbons (Fsp3) is 0.438. The summed E-state index contributed by atoms with van der Waals surface area (Å²) in [6, 6.07) is 8.00. The number of aromatic nitrogens is 3. The maximum absolute atomic E-state index is 5.94. The maximum Gasteiger partial charge on any atom is 0.191 e. The molecule has 8 heteroatoms. The molecular weight excluding hydrogens is 419 g/mol. The number of aryl methyl sites for hydroxylation is 2. The van der Waals surface area contributed by atoms with Crippen LogP contribution >= 0.6 is 24.0 Å². The molecular formula is C16H25IN6O. The molecule has 0 radical (unpaired) electrons. The minimum absolute atomic E-state index is 0. The van der Waals surface area contributed by atoms with E-state index in [4.69, 9.17) is 4.74 Å². The van der Waals surface area contributed by atoms with Gasteiger partial charge >= 0.3 is 0 Å². The van der Waals surface area contributed by atoms with E-state index in [2.05, 4.69) is 25.8 Å². The highest BCUT2D eigenvalue weighted by Gasteiger charge is 2.08. The minimum atomic E-state index is 0. The third-order valence-corrected chi connectivity index (χ3v) is 3.42. The zero-order chi connectivity index (χ0) is 16.7. The lowest BCUT2D eigenvalue weighted by Crippen LogP contribution is -2.41. The van der Waals surface area contributed by atoms with Gasteiger partial charge in [0.2, 0.25) is 0 Å². The van der Waals surface area contributed by atoms with Crippen LogP contribution in [0.25, 0.3) is 0 Å². The summed E-state index contributed by atoms with van der Waals surface area (Å²) in [7, 11) is 3.64. The fourth-order valence-electron chi connectivity index (χ4n) is 2.04. The number of halogens is 1. The lowest BCUT2D eigenvalue weighted by Gasteiger charge is -2.18. The Morgan fingerprint density at radius 1 is 1.33 bits per heavy atom. The van der Waals surface area contributed by atoms with Crippen LogP contribution in [0.4, 0.5) is 0 Å². The Kier molecular flexibility index (Phi) is 8.51. The fourth-order valence-corrected chi connectivity index (χ4v) is 2.04. The summed E-state index contributed by atoms with van der Waals surface area (Å²) in [6.07, 6.45) is 1.69. The van der Waals surface area contributed by atoms with Gasteiger partial charge in [0.1, 0.15) is 18.2 Å². The summed E-state index contributed by atoms with van der Waals surface area (Å²) in [6.45, 7) is 5.27. The van der Waals surface area contributed by atoms with E-state index >= 15 is 0 Å². The number of hydrogen-bond donors (Lipinski definition) is 2. The zero-order valence-corrected chi connectivity index (χ0v) is 16.8. The molecule has 0 saturated carbocycles. The maximum atomic E-state index is 5.94. The summed E-state index contributed by atoms with van der Waals surface area (Å²) < 4.78 is 7.80. The quantitative estimate of drug-likeness (QED) is 0.404. The van der Waals surface area contributed by atoms with Crippen LogP contribution in [0.5, 0.6) is 5.75 Å². The summed E-state index contributed by atoms with van der Waals surface area (Å²) in [5, 5.41) is 14.3. The molecule has 0 aliphatic heterocycles. The molecule has 2 aromatic rings. The minimum Gasteiger partial charge on any atom is -0.489 e. The van der Waals surface area contributed by atoms with E-state index in [0.717, 1.165) is 17.1 Å². The first kappa shape index (κ1) is 20.2. The number of benzene rings is 1. The second-order valence-corrected chi connectivity index (χ2v) is 5.36. The van der Waals surface area contributed by atoms with Crippen LogP contribution in [0.1, 0.15) is 18.3 Å². The molecule has 0 bridgehead atoms. The average Bonchev–Trinajstić information content (AvgIpc) is 2.95. The molecule has 0 amide bonds. The molecule has 0 aliphatic carbocycles. The third kappa shape index (κ3) is 5.99. The van der Waals surface area contributed by atoms with Crippen molar-refractivity contribution in [2.24, 2.45) is 12.0 Å². The first-order valence-electron chi connectivity index (χ1n) is 7.60. The number of para-hydroxylation sites is 1. The molecule has 0 fully saturated rings. The van der Waals surface area contributed by atoms with Gasteiger partial charge in [0.15, 0.2) is 11.8 Å². The molecule has 7 nitrogen and oxygen atoms in total. The van der Waals surface area contributed by atoms with Crippen LogP contribution < -0.4 is 15.4 Å². The zero-order valence-electron chi connectivity index (χ0n) is 14.5. The highest BCUT2D eigenvalue weighted by atomic mass is 127. The number of nitrogens with zero attached hydrogens (tertiary/aromatic N) is 4. The molecule has 1 heterocycles. The largest absolute Gasteiger partial charge is 0.489 e. The van der Waals surface area contributed by atoms with E-state index in [1.54, 1.807) is 13.4 Å². The molecule has 1 aromatic carbocycles. The molecule has 0 spiro atoms. The van der Waals surface area contributed by atoms with Crippen LogP contribution in [0.2, 0.25) is 0 Å². The second kappa shape index (κ2) is 10.1. The molecule has 0 aliphatic rings. The van der Waals surface area contributed by atoms with Crippen molar-refractivity contribution in [3.63, 3.8) is 0 Å². The van der Waals surface area contributed by atoms with Gasteiger partial charge < -0.3 is 19.9 Å². The molecule has 132 valence electrons. The van der Waals surface area contributed by atoms with Crippen molar-refractivity contribution in [3.05, 3.63) is 42.0 Å². The van der Waals surface area contributed by atoms with Gasteiger partial charge in [0, 0.05) is 14.1 Å². The normalized spacial score (nSPS) is 12.2. The number of nitrogens with one attached hydrogen (secondary N) is 2. The van der Waals surface area contributed by atoms with E-state index in [1.807, 2.05) is 49.7 Å². The van der Waals surface area contributed by atoms with E-state index in [9.17, 15) is 0 Å². The van der Waals surface area contributed by atoms with Crippen molar-refractivity contribution >= 4 is 29.9 Å². The van der Waals surface area contributed by atoms with Gasteiger partial charge in [-0.05, 0) is 25.5 Å². The Balaban J connectivity index is 0.00000288. The lowest BCUT2D eigenvalue weighted by molar-refractivity contribution is 0.222. The Hall–Kier alpha value is -1.84. The van der Waals surface area contributed by atoms with Gasteiger partial charge in [0.25, 0.3) is 0 Å². The second-order valence-electron chi connectivity index (χ2n) is 5.36. The number of rotatable bonds is 6. The van der Waals surface area contributed by atoms with E-state index in [1.165, 1.54) is 0 Å². The van der Waals surface area contributed by atoms with Crippen molar-refractivity contribution in [2.45, 2.75) is 26.5 Å². The Bertz CT molecular complexity index is 658. The van der Waals surface area contributed by atoms with Gasteiger partial charge in [-0.2, -0.15) is 0 Å². The first-order valence-corrected chi connectivity index (χ1v) is 7.60. The third-order valence-electron chi connectivity index (χ3n) is 3.42. The Labute approximate surface area is 159 Å². The van der Waals surface area contributed by atoms with Crippen molar-refractivity contribution in [1.82, 2.24) is 25.4 Å². The smallest absolute Gasteiger partial charge is 0.191 e.